The molecule has 7 nitrogen and oxygen atoms in total. The summed E-state index contributed by atoms with van der Waals surface area (Å²) >= 11 is 0. The fourth-order valence-corrected chi connectivity index (χ4v) is 3.06. The Morgan fingerprint density at radius 2 is 1.37 bits per heavy atom. The first-order chi connectivity index (χ1) is 14.6. The molecule has 0 bridgehead atoms. The summed E-state index contributed by atoms with van der Waals surface area (Å²) in [5.74, 6) is -0.177. The van der Waals surface area contributed by atoms with E-state index in [2.05, 4.69) is 12.6 Å². The molecular weight excluding hydrogens is 382 g/mol. The predicted molar refractivity (Wildman–Crippen MR) is 123 cm³/mol. The van der Waals surface area contributed by atoms with Crippen LogP contribution in [0.4, 0.5) is 0 Å². The van der Waals surface area contributed by atoms with Gasteiger partial charge in [0.05, 0.1) is 19.3 Å². The molecule has 0 saturated carbocycles. The van der Waals surface area contributed by atoms with Crippen molar-refractivity contribution in [3.05, 3.63) is 0 Å². The van der Waals surface area contributed by atoms with Crippen molar-refractivity contribution in [2.45, 2.75) is 103 Å². The van der Waals surface area contributed by atoms with Crippen molar-refractivity contribution >= 4 is 5.97 Å². The van der Waals surface area contributed by atoms with Gasteiger partial charge in [-0.25, -0.2) is 0 Å². The molecule has 30 heavy (non-hydrogen) atoms. The van der Waals surface area contributed by atoms with Crippen LogP contribution in [-0.2, 0) is 19.2 Å². The molecule has 0 rings (SSSR count). The van der Waals surface area contributed by atoms with Crippen molar-refractivity contribution in [1.82, 2.24) is 10.5 Å². The Hall–Kier alpha value is -0.730. The van der Waals surface area contributed by atoms with Crippen LogP contribution < -0.4 is 11.4 Å². The first-order valence-electron chi connectivity index (χ1n) is 12.1. The molecule has 0 saturated heterocycles. The lowest BCUT2D eigenvalue weighted by atomic mass is 10.0. The molecule has 0 aromatic heterocycles. The van der Waals surface area contributed by atoms with Crippen LogP contribution in [0.3, 0.4) is 0 Å². The van der Waals surface area contributed by atoms with Crippen molar-refractivity contribution in [2.75, 3.05) is 40.5 Å². The zero-order valence-electron chi connectivity index (χ0n) is 20.0. The third kappa shape index (κ3) is 23.5. The number of nitrogens with zero attached hydrogens (tertiary/aromatic N) is 1. The van der Waals surface area contributed by atoms with Gasteiger partial charge in [-0.2, -0.15) is 0 Å². The Bertz CT molecular complexity index is 370. The van der Waals surface area contributed by atoms with Crippen molar-refractivity contribution < 1.29 is 19.2 Å². The van der Waals surface area contributed by atoms with E-state index >= 15 is 0 Å². The Balaban J connectivity index is 3.29. The van der Waals surface area contributed by atoms with Crippen molar-refractivity contribution in [2.24, 2.45) is 5.73 Å². The zero-order valence-corrected chi connectivity index (χ0v) is 20.0. The summed E-state index contributed by atoms with van der Waals surface area (Å²) in [7, 11) is 3.93. The van der Waals surface area contributed by atoms with E-state index in [0.29, 0.717) is 13.0 Å². The van der Waals surface area contributed by atoms with E-state index < -0.39 is 0 Å². The zero-order chi connectivity index (χ0) is 22.3. The van der Waals surface area contributed by atoms with E-state index in [0.717, 1.165) is 19.4 Å². The number of hydrogen-bond acceptors (Lipinski definition) is 7. The summed E-state index contributed by atoms with van der Waals surface area (Å²) in [6.07, 6.45) is 17.3. The Kier molecular flexibility index (Phi) is 22.4. The van der Waals surface area contributed by atoms with Gasteiger partial charge in [0.25, 0.3) is 0 Å². The first-order valence-corrected chi connectivity index (χ1v) is 12.1. The summed E-state index contributed by atoms with van der Waals surface area (Å²) in [6.45, 7) is 3.94. The molecule has 0 fully saturated rings. The number of nitrogens with one attached hydrogen (secondary N) is 1. The quantitative estimate of drug-likeness (QED) is 0.141. The van der Waals surface area contributed by atoms with Crippen LogP contribution in [-0.4, -0.2) is 57.4 Å². The average Bonchev–Trinajstić information content (AvgIpc) is 2.72. The third-order valence-electron chi connectivity index (χ3n) is 5.00. The SMILES string of the molecule is CCCCCCCCCCCCCCCC(=O)OCC(N)CONOCCN(C)C. The van der Waals surface area contributed by atoms with Gasteiger partial charge >= 0.3 is 5.97 Å². The van der Waals surface area contributed by atoms with Gasteiger partial charge in [0, 0.05) is 13.0 Å². The van der Waals surface area contributed by atoms with E-state index in [9.17, 15) is 4.79 Å². The first kappa shape index (κ1) is 29.3. The second-order valence-corrected chi connectivity index (χ2v) is 8.48. The normalized spacial score (nSPS) is 12.4. The summed E-state index contributed by atoms with van der Waals surface area (Å²) in [5, 5.41) is 0. The maximum Gasteiger partial charge on any atom is 0.305 e. The maximum atomic E-state index is 11.8. The second-order valence-electron chi connectivity index (χ2n) is 8.48. The number of unbranched alkanes of at least 4 members (excludes halogenated alkanes) is 12. The molecule has 0 aliphatic rings. The molecule has 0 aliphatic carbocycles. The van der Waals surface area contributed by atoms with E-state index in [4.69, 9.17) is 20.1 Å². The fraction of sp³-hybridized carbons (Fsp3) is 0.957. The molecule has 0 radical (unpaired) electrons. The van der Waals surface area contributed by atoms with Gasteiger partial charge in [-0.05, 0) is 20.5 Å². The third-order valence-corrected chi connectivity index (χ3v) is 5.00. The molecule has 1 atom stereocenters. The monoisotopic (exact) mass is 431 g/mol. The molecule has 0 spiro atoms. The highest BCUT2D eigenvalue weighted by Gasteiger charge is 2.08. The van der Waals surface area contributed by atoms with Crippen LogP contribution in [0.5, 0.6) is 0 Å². The lowest BCUT2D eigenvalue weighted by molar-refractivity contribution is -0.176. The second kappa shape index (κ2) is 22.9. The molecular formula is C23H49N3O4. The number of hydrogen-bond donors (Lipinski definition) is 2. The van der Waals surface area contributed by atoms with Crippen LogP contribution in [0.1, 0.15) is 96.8 Å². The highest BCUT2D eigenvalue weighted by atomic mass is 16.9. The van der Waals surface area contributed by atoms with Crippen molar-refractivity contribution in [3.8, 4) is 0 Å². The Morgan fingerprint density at radius 3 is 1.90 bits per heavy atom. The van der Waals surface area contributed by atoms with Crippen molar-refractivity contribution in [1.29, 1.82) is 0 Å². The number of carbonyl (C=O) groups excluding carboxylic acids is 1. The standard InChI is InChI=1S/C23H49N3O4/c1-4-5-6-7-8-9-10-11-12-13-14-15-16-17-23(27)28-20-22(24)21-30-25-29-19-18-26(2)3/h22,25H,4-21,24H2,1-3H3. The smallest absolute Gasteiger partial charge is 0.305 e. The molecule has 0 aromatic carbocycles. The summed E-state index contributed by atoms with van der Waals surface area (Å²) in [6, 6.07) is -0.370. The van der Waals surface area contributed by atoms with Crippen LogP contribution in [0.25, 0.3) is 0 Å². The lowest BCUT2D eigenvalue weighted by Gasteiger charge is -2.13. The number of rotatable bonds is 23. The van der Waals surface area contributed by atoms with E-state index in [1.807, 2.05) is 19.0 Å². The van der Waals surface area contributed by atoms with Gasteiger partial charge in [0.15, 0.2) is 0 Å². The van der Waals surface area contributed by atoms with Gasteiger partial charge in [0.2, 0.25) is 0 Å². The summed E-state index contributed by atoms with van der Waals surface area (Å²) in [4.78, 5) is 23.9. The molecule has 7 heteroatoms. The van der Waals surface area contributed by atoms with Gasteiger partial charge in [-0.3, -0.25) is 14.5 Å². The minimum absolute atomic E-state index is 0.163. The molecule has 0 aromatic rings. The largest absolute Gasteiger partial charge is 0.464 e. The van der Waals surface area contributed by atoms with Crippen LogP contribution in [0.2, 0.25) is 0 Å². The van der Waals surface area contributed by atoms with Gasteiger partial charge in [-0.15, -0.1) is 0 Å². The molecule has 180 valence electrons. The highest BCUT2D eigenvalue weighted by molar-refractivity contribution is 5.69. The topological polar surface area (TPSA) is 86.0 Å². The summed E-state index contributed by atoms with van der Waals surface area (Å²) < 4.78 is 5.20. The fourth-order valence-electron chi connectivity index (χ4n) is 3.06. The number of likely N-dealkylation sites (N-methyl/N-ethyl adjacent to an activating group) is 1. The van der Waals surface area contributed by atoms with Gasteiger partial charge < -0.3 is 15.4 Å². The molecule has 0 heterocycles. The predicted octanol–water partition coefficient (Wildman–Crippen LogP) is 4.35. The summed E-state index contributed by atoms with van der Waals surface area (Å²) in [5.41, 5.74) is 8.25. The molecule has 0 aliphatic heterocycles. The van der Waals surface area contributed by atoms with Crippen LogP contribution in [0.15, 0.2) is 0 Å². The average molecular weight is 432 g/mol. The highest BCUT2D eigenvalue weighted by Crippen LogP contribution is 2.13. The number of carbonyl (C=O) groups is 1. The van der Waals surface area contributed by atoms with Gasteiger partial charge in [-0.1, -0.05) is 89.6 Å². The Morgan fingerprint density at radius 1 is 0.833 bits per heavy atom. The van der Waals surface area contributed by atoms with Crippen molar-refractivity contribution in [3.63, 3.8) is 0 Å². The number of esters is 1. The van der Waals surface area contributed by atoms with Crippen LogP contribution in [0, 0.1) is 0 Å². The molecule has 0 amide bonds. The van der Waals surface area contributed by atoms with E-state index in [1.165, 1.54) is 70.6 Å². The van der Waals surface area contributed by atoms with E-state index in [1.54, 1.807) is 0 Å². The van der Waals surface area contributed by atoms with E-state index in [-0.39, 0.29) is 25.2 Å². The maximum absolute atomic E-state index is 11.8. The minimum Gasteiger partial charge on any atom is -0.464 e. The lowest BCUT2D eigenvalue weighted by Crippen LogP contribution is -2.35. The molecule has 3 N–H and O–H groups in total. The number of nitrogens with two attached hydrogens (primary N) is 1. The molecule has 1 unspecified atom stereocenters. The minimum atomic E-state index is -0.370. The van der Waals surface area contributed by atoms with Gasteiger partial charge in [0.1, 0.15) is 6.61 Å². The Labute approximate surface area is 185 Å². The number of ether oxygens (including phenoxy) is 1. The van der Waals surface area contributed by atoms with Crippen LogP contribution >= 0.6 is 0 Å².